The van der Waals surface area contributed by atoms with Crippen LogP contribution in [-0.4, -0.2) is 92.9 Å². The molecule has 0 N–H and O–H groups in total. The fraction of sp³-hybridized carbons (Fsp3) is 0.930. The van der Waals surface area contributed by atoms with Gasteiger partial charge in [0.2, 0.25) is 16.6 Å². The van der Waals surface area contributed by atoms with Gasteiger partial charge >= 0.3 is 23.1 Å². The molecule has 15 heteroatoms. The molecule has 0 aromatic heterocycles. The van der Waals surface area contributed by atoms with Crippen molar-refractivity contribution in [1.29, 1.82) is 0 Å². The number of hydrogen-bond acceptors (Lipinski definition) is 8. The van der Waals surface area contributed by atoms with Crippen molar-refractivity contribution in [2.24, 2.45) is 0 Å². The van der Waals surface area contributed by atoms with Crippen LogP contribution >= 0.6 is 0 Å². The van der Waals surface area contributed by atoms with Gasteiger partial charge in [-0.3, -0.25) is 0 Å². The summed E-state index contributed by atoms with van der Waals surface area (Å²) in [5.41, 5.74) is 0.227. The first-order valence-electron chi connectivity index (χ1n) is 23.2. The van der Waals surface area contributed by atoms with Gasteiger partial charge in [0, 0.05) is 11.3 Å². The molecular weight excluding hydrogens is 841 g/mol. The van der Waals surface area contributed by atoms with E-state index in [1.807, 2.05) is 0 Å². The molecular formula is C43H98O8Si7. The second-order valence-electron chi connectivity index (χ2n) is 21.2. The van der Waals surface area contributed by atoms with Crippen LogP contribution in [-0.2, 0) is 35.5 Å². The second kappa shape index (κ2) is 24.0. The lowest BCUT2D eigenvalue weighted by Gasteiger charge is -2.54. The van der Waals surface area contributed by atoms with Crippen molar-refractivity contribution in [1.82, 2.24) is 0 Å². The molecule has 346 valence electrons. The minimum atomic E-state index is -3.45. The summed E-state index contributed by atoms with van der Waals surface area (Å²) < 4.78 is 51.1. The standard InChI is InChI=1S/C43H98O8Si7/c1-24-29-34-52(12,13)39(8)46-56(20,21)43(11,28-5)49-58(37-32-33-45-41(44)38(6)7,51-57(22,23)50-54(16,17)36-31-26-3)40(9)47-55(18,19)42(10,27-4)48-53(14,15)35-30-25-2/h39-40H,6,24-37H2,1-5,7-23H3. The summed E-state index contributed by atoms with van der Waals surface area (Å²) in [5.74, 6) is -0.372. The van der Waals surface area contributed by atoms with Crippen molar-refractivity contribution in [3.8, 4) is 0 Å². The van der Waals surface area contributed by atoms with Gasteiger partial charge in [-0.25, -0.2) is 4.79 Å². The van der Waals surface area contributed by atoms with Crippen molar-refractivity contribution in [3.63, 3.8) is 0 Å². The maximum Gasteiger partial charge on any atom is 0.358 e. The third-order valence-corrected chi connectivity index (χ3v) is 40.7. The van der Waals surface area contributed by atoms with Gasteiger partial charge in [0.15, 0.2) is 16.6 Å². The number of carbonyl (C=O) groups excluding carboxylic acids is 1. The zero-order valence-electron chi connectivity index (χ0n) is 42.5. The van der Waals surface area contributed by atoms with E-state index in [4.69, 9.17) is 30.7 Å². The normalized spacial score (nSPS) is 17.9. The van der Waals surface area contributed by atoms with Crippen LogP contribution in [0.1, 0.15) is 127 Å². The SMILES string of the molecule is C=C(C)C(=O)OCCC[Si](OC(C)(CC)[Si](C)(C)OC(C)[Si](C)(C)CCCC)(O[Si](C)(C)O[Si](C)(C)CCCC)C(C)O[Si](C)(C)C(C)(CC)O[Si](C)(C)CCCC. The number of hydrogen-bond donors (Lipinski definition) is 0. The third kappa shape index (κ3) is 18.3. The van der Waals surface area contributed by atoms with Crippen LogP contribution < -0.4 is 0 Å². The molecule has 0 aromatic rings. The van der Waals surface area contributed by atoms with Gasteiger partial charge in [-0.1, -0.05) is 98.9 Å². The lowest BCUT2D eigenvalue weighted by atomic mass is 10.3. The fourth-order valence-electron chi connectivity index (χ4n) is 7.96. The van der Waals surface area contributed by atoms with Gasteiger partial charge < -0.3 is 30.7 Å². The Bertz CT molecular complexity index is 1250. The molecule has 5 atom stereocenters. The highest BCUT2D eigenvalue weighted by molar-refractivity contribution is 6.88. The predicted molar refractivity (Wildman–Crippen MR) is 268 cm³/mol. The van der Waals surface area contributed by atoms with Crippen LogP contribution in [0.2, 0.25) is 103 Å². The average molecular weight is 940 g/mol. The fourth-order valence-corrected chi connectivity index (χ4v) is 37.6. The smallest absolute Gasteiger partial charge is 0.358 e. The Morgan fingerprint density at radius 3 is 1.47 bits per heavy atom. The summed E-state index contributed by atoms with van der Waals surface area (Å²) in [6.45, 7) is 54.3. The molecule has 5 unspecified atom stereocenters. The van der Waals surface area contributed by atoms with Gasteiger partial charge in [-0.15, -0.1) is 0 Å². The monoisotopic (exact) mass is 939 g/mol. The molecule has 0 heterocycles. The maximum absolute atomic E-state index is 12.6. The van der Waals surface area contributed by atoms with E-state index in [0.717, 1.165) is 44.2 Å². The number of rotatable bonds is 32. The Morgan fingerprint density at radius 1 is 0.586 bits per heavy atom. The first kappa shape index (κ1) is 58.5. The molecule has 0 fully saturated rings. The highest BCUT2D eigenvalue weighted by Crippen LogP contribution is 2.42. The molecule has 0 saturated heterocycles. The van der Waals surface area contributed by atoms with E-state index in [-0.39, 0.29) is 24.0 Å². The summed E-state index contributed by atoms with van der Waals surface area (Å²) in [6.07, 6.45) is 9.28. The molecule has 0 bridgehead atoms. The minimum absolute atomic E-state index is 0.191. The van der Waals surface area contributed by atoms with E-state index in [0.29, 0.717) is 18.0 Å². The number of ether oxygens (including phenoxy) is 1. The van der Waals surface area contributed by atoms with Crippen LogP contribution in [0.3, 0.4) is 0 Å². The molecule has 0 aliphatic rings. The molecule has 0 aliphatic heterocycles. The van der Waals surface area contributed by atoms with E-state index in [1.54, 1.807) is 6.92 Å². The van der Waals surface area contributed by atoms with Crippen LogP contribution in [0, 0.1) is 0 Å². The second-order valence-corrected chi connectivity index (χ2v) is 50.9. The van der Waals surface area contributed by atoms with Crippen molar-refractivity contribution >= 4 is 64.4 Å². The number of unbranched alkanes of at least 4 members (excludes halogenated alkanes) is 3. The molecule has 0 spiro atoms. The summed E-state index contributed by atoms with van der Waals surface area (Å²) >= 11 is 0. The predicted octanol–water partition coefficient (Wildman–Crippen LogP) is 13.9. The van der Waals surface area contributed by atoms with Crippen molar-refractivity contribution < 1.29 is 35.5 Å². The zero-order chi connectivity index (χ0) is 45.7. The molecule has 0 rings (SSSR count). The summed E-state index contributed by atoms with van der Waals surface area (Å²) in [7, 11) is -17.3. The van der Waals surface area contributed by atoms with Crippen molar-refractivity contribution in [2.45, 2.75) is 252 Å². The highest BCUT2D eigenvalue weighted by atomic mass is 28.5. The molecule has 0 amide bonds. The van der Waals surface area contributed by atoms with E-state index < -0.39 is 68.9 Å². The summed E-state index contributed by atoms with van der Waals surface area (Å²) in [6, 6.07) is 4.05. The van der Waals surface area contributed by atoms with E-state index >= 15 is 0 Å². The topological polar surface area (TPSA) is 81.7 Å². The van der Waals surface area contributed by atoms with Gasteiger partial charge in [0.05, 0.1) is 30.9 Å². The molecule has 58 heavy (non-hydrogen) atoms. The van der Waals surface area contributed by atoms with Gasteiger partial charge in [0.1, 0.15) is 0 Å². The lowest BCUT2D eigenvalue weighted by molar-refractivity contribution is -0.139. The highest BCUT2D eigenvalue weighted by Gasteiger charge is 2.60. The molecule has 0 saturated carbocycles. The van der Waals surface area contributed by atoms with Crippen LogP contribution in [0.15, 0.2) is 12.2 Å². The van der Waals surface area contributed by atoms with Crippen molar-refractivity contribution in [3.05, 3.63) is 12.2 Å². The zero-order valence-corrected chi connectivity index (χ0v) is 49.5. The van der Waals surface area contributed by atoms with Gasteiger partial charge in [-0.05, 0) is 137 Å². The van der Waals surface area contributed by atoms with Gasteiger partial charge in [-0.2, -0.15) is 0 Å². The first-order chi connectivity index (χ1) is 26.2. The maximum atomic E-state index is 12.6. The van der Waals surface area contributed by atoms with Crippen LogP contribution in [0.4, 0.5) is 0 Å². The van der Waals surface area contributed by atoms with E-state index in [9.17, 15) is 4.79 Å². The Balaban J connectivity index is 7.72. The summed E-state index contributed by atoms with van der Waals surface area (Å²) in [4.78, 5) is 12.6. The Morgan fingerprint density at radius 2 is 1.02 bits per heavy atom. The molecule has 0 aromatic carbocycles. The quantitative estimate of drug-likeness (QED) is 0.0286. The third-order valence-electron chi connectivity index (χ3n) is 13.1. The first-order valence-corrected chi connectivity index (χ1v) is 43.5. The molecule has 0 aliphatic carbocycles. The van der Waals surface area contributed by atoms with Crippen LogP contribution in [0.25, 0.3) is 0 Å². The van der Waals surface area contributed by atoms with Crippen LogP contribution in [0.5, 0.6) is 0 Å². The minimum Gasteiger partial charge on any atom is -0.462 e. The molecule has 8 nitrogen and oxygen atoms in total. The summed E-state index contributed by atoms with van der Waals surface area (Å²) in [5, 5.41) is -1.00. The lowest BCUT2D eigenvalue weighted by Crippen LogP contribution is -2.71. The van der Waals surface area contributed by atoms with Gasteiger partial charge in [0.25, 0.3) is 0 Å². The average Bonchev–Trinajstić information content (AvgIpc) is 3.08. The number of carbonyl (C=O) groups is 1. The van der Waals surface area contributed by atoms with E-state index in [1.165, 1.54) is 25.3 Å². The Kier molecular flexibility index (Phi) is 24.2. The Hall–Kier alpha value is 0.488. The Labute approximate surface area is 368 Å². The number of esters is 1. The van der Waals surface area contributed by atoms with Crippen molar-refractivity contribution in [2.75, 3.05) is 6.61 Å². The largest absolute Gasteiger partial charge is 0.462 e. The molecule has 0 radical (unpaired) electrons. The van der Waals surface area contributed by atoms with E-state index in [2.05, 4.69) is 147 Å².